The molecule has 0 saturated heterocycles. The molecular formula is C33H47N2P. The highest BCUT2D eigenvalue weighted by atomic mass is 31.1. The van der Waals surface area contributed by atoms with Crippen LogP contribution in [0.15, 0.2) is 54.6 Å². The zero-order valence-electron chi connectivity index (χ0n) is 23.5. The topological polar surface area (TPSA) is 29.3 Å². The molecule has 3 heteroatoms. The average molecular weight is 503 g/mol. The second kappa shape index (κ2) is 14.0. The van der Waals surface area contributed by atoms with Crippen LogP contribution < -0.4 is 11.0 Å². The molecule has 36 heavy (non-hydrogen) atoms. The lowest BCUT2D eigenvalue weighted by Gasteiger charge is -2.26. The molecule has 0 saturated carbocycles. The number of hydrogen-bond donors (Lipinski definition) is 1. The van der Waals surface area contributed by atoms with Gasteiger partial charge in [-0.15, -0.1) is 0 Å². The molecule has 0 aliphatic carbocycles. The van der Waals surface area contributed by atoms with Gasteiger partial charge in [0.1, 0.15) is 0 Å². The van der Waals surface area contributed by atoms with Crippen LogP contribution in [0.3, 0.4) is 0 Å². The number of benzene rings is 3. The summed E-state index contributed by atoms with van der Waals surface area (Å²) in [5.74, 6) is 0.371. The first-order valence-electron chi connectivity index (χ1n) is 13.9. The van der Waals surface area contributed by atoms with Crippen molar-refractivity contribution in [3.05, 3.63) is 93.5 Å². The second-order valence-corrected chi connectivity index (χ2v) is 11.3. The number of nitrogen functional groups attached to an aromatic ring is 1. The number of anilines is 1. The van der Waals surface area contributed by atoms with Gasteiger partial charge in [-0.1, -0.05) is 90.4 Å². The minimum atomic E-state index is 0.371. The Morgan fingerprint density at radius 1 is 0.861 bits per heavy atom. The third kappa shape index (κ3) is 6.99. The van der Waals surface area contributed by atoms with E-state index in [0.29, 0.717) is 5.92 Å². The second-order valence-electron chi connectivity index (χ2n) is 10.2. The van der Waals surface area contributed by atoms with E-state index < -0.39 is 0 Å². The van der Waals surface area contributed by atoms with Crippen LogP contribution in [-0.4, -0.2) is 18.1 Å². The Kier molecular flexibility index (Phi) is 11.0. The fourth-order valence-electron chi connectivity index (χ4n) is 5.39. The summed E-state index contributed by atoms with van der Waals surface area (Å²) < 4.78 is 0. The Hall–Kier alpha value is -2.15. The summed E-state index contributed by atoms with van der Waals surface area (Å²) in [5, 5.41) is 1.28. The number of hydrogen-bond acceptors (Lipinski definition) is 2. The van der Waals surface area contributed by atoms with E-state index in [9.17, 15) is 0 Å². The molecule has 2 N–H and O–H groups in total. The standard InChI is InChI=1S/C33H47N2P/c1-7-10-13-26-14-11-12-15-28(26)22-35(20-8-2)23-29-21-27(17-16-24(29)4)30(9-3)31-18-19-32(36-6)33(34)25(31)5/h11-12,14-19,21,30,36H,7-10,13,20,22-23,34H2,1-6H3. The smallest absolute Gasteiger partial charge is 0.0422 e. The van der Waals surface area contributed by atoms with Gasteiger partial charge in [0.15, 0.2) is 0 Å². The molecule has 0 fully saturated rings. The predicted molar refractivity (Wildman–Crippen MR) is 162 cm³/mol. The van der Waals surface area contributed by atoms with Crippen LogP contribution in [-0.2, 0) is 19.5 Å². The van der Waals surface area contributed by atoms with E-state index in [2.05, 4.69) is 101 Å². The lowest BCUT2D eigenvalue weighted by atomic mass is 9.84. The molecule has 0 spiro atoms. The van der Waals surface area contributed by atoms with Crippen LogP contribution in [0.4, 0.5) is 5.69 Å². The largest absolute Gasteiger partial charge is 0.398 e. The first-order valence-corrected chi connectivity index (χ1v) is 15.4. The van der Waals surface area contributed by atoms with Gasteiger partial charge in [-0.2, -0.15) is 0 Å². The highest BCUT2D eigenvalue weighted by Crippen LogP contribution is 2.34. The SMILES string of the molecule is CCCCc1ccccc1CN(CCC)Cc1cc(C(CC)c2ccc(PC)c(N)c2C)ccc1C. The summed E-state index contributed by atoms with van der Waals surface area (Å²) in [6.07, 6.45) is 5.91. The van der Waals surface area contributed by atoms with Gasteiger partial charge in [0.2, 0.25) is 0 Å². The molecule has 3 rings (SSSR count). The lowest BCUT2D eigenvalue weighted by molar-refractivity contribution is 0.256. The third-order valence-electron chi connectivity index (χ3n) is 7.63. The van der Waals surface area contributed by atoms with Gasteiger partial charge in [-0.05, 0) is 97.0 Å². The maximum absolute atomic E-state index is 6.53. The monoisotopic (exact) mass is 502 g/mol. The zero-order valence-corrected chi connectivity index (χ0v) is 24.5. The fourth-order valence-corrected chi connectivity index (χ4v) is 6.10. The molecule has 194 valence electrons. The molecule has 0 heterocycles. The summed E-state index contributed by atoms with van der Waals surface area (Å²) in [5.41, 5.74) is 17.4. The summed E-state index contributed by atoms with van der Waals surface area (Å²) in [7, 11) is 0.731. The van der Waals surface area contributed by atoms with Crippen molar-refractivity contribution in [3.63, 3.8) is 0 Å². The van der Waals surface area contributed by atoms with Gasteiger partial charge in [-0.3, -0.25) is 4.90 Å². The molecule has 0 radical (unpaired) electrons. The molecule has 2 nitrogen and oxygen atoms in total. The number of nitrogens with two attached hydrogens (primary N) is 1. The average Bonchev–Trinajstić information content (AvgIpc) is 2.88. The van der Waals surface area contributed by atoms with E-state index in [4.69, 9.17) is 5.73 Å². The highest BCUT2D eigenvalue weighted by molar-refractivity contribution is 7.46. The predicted octanol–water partition coefficient (Wildman–Crippen LogP) is 8.12. The Labute approximate surface area is 222 Å². The molecule has 2 unspecified atom stereocenters. The summed E-state index contributed by atoms with van der Waals surface area (Å²) >= 11 is 0. The van der Waals surface area contributed by atoms with Crippen LogP contribution in [0.25, 0.3) is 0 Å². The quantitative estimate of drug-likeness (QED) is 0.189. The molecule has 3 aromatic rings. The zero-order chi connectivity index (χ0) is 26.1. The summed E-state index contributed by atoms with van der Waals surface area (Å²) in [6, 6.07) is 20.7. The maximum Gasteiger partial charge on any atom is 0.0422 e. The molecule has 0 aliphatic heterocycles. The van der Waals surface area contributed by atoms with Crippen molar-refractivity contribution in [1.29, 1.82) is 0 Å². The Bertz CT molecular complexity index is 1120. The molecule has 0 aromatic heterocycles. The van der Waals surface area contributed by atoms with Gasteiger partial charge in [0, 0.05) is 24.7 Å². The molecule has 0 amide bonds. The van der Waals surface area contributed by atoms with E-state index in [0.717, 1.165) is 46.7 Å². The van der Waals surface area contributed by atoms with E-state index >= 15 is 0 Å². The van der Waals surface area contributed by atoms with Crippen molar-refractivity contribution in [1.82, 2.24) is 4.90 Å². The normalized spacial score (nSPS) is 12.6. The van der Waals surface area contributed by atoms with Crippen LogP contribution >= 0.6 is 8.58 Å². The van der Waals surface area contributed by atoms with Gasteiger partial charge >= 0.3 is 0 Å². The van der Waals surface area contributed by atoms with Crippen molar-refractivity contribution in [2.75, 3.05) is 18.9 Å². The molecule has 0 bridgehead atoms. The van der Waals surface area contributed by atoms with E-state index in [1.54, 1.807) is 0 Å². The third-order valence-corrected chi connectivity index (χ3v) is 8.61. The van der Waals surface area contributed by atoms with Crippen molar-refractivity contribution in [3.8, 4) is 0 Å². The van der Waals surface area contributed by atoms with Crippen molar-refractivity contribution >= 4 is 19.6 Å². The Morgan fingerprint density at radius 3 is 2.25 bits per heavy atom. The summed E-state index contributed by atoms with van der Waals surface area (Å²) in [6.45, 7) is 16.7. The van der Waals surface area contributed by atoms with Gasteiger partial charge < -0.3 is 5.73 Å². The minimum absolute atomic E-state index is 0.371. The maximum atomic E-state index is 6.53. The molecule has 3 aromatic carbocycles. The number of nitrogens with zero attached hydrogens (tertiary/aromatic N) is 1. The number of aryl methyl sites for hydroxylation is 2. The van der Waals surface area contributed by atoms with Crippen molar-refractivity contribution in [2.24, 2.45) is 0 Å². The van der Waals surface area contributed by atoms with Gasteiger partial charge in [0.05, 0.1) is 0 Å². The van der Waals surface area contributed by atoms with E-state index in [-0.39, 0.29) is 0 Å². The van der Waals surface area contributed by atoms with Crippen LogP contribution in [0.5, 0.6) is 0 Å². The minimum Gasteiger partial charge on any atom is -0.398 e. The Balaban J connectivity index is 1.89. The summed E-state index contributed by atoms with van der Waals surface area (Å²) in [4.78, 5) is 2.64. The molecule has 0 aliphatic rings. The van der Waals surface area contributed by atoms with Crippen LogP contribution in [0, 0.1) is 13.8 Å². The first-order chi connectivity index (χ1) is 17.4. The Morgan fingerprint density at radius 2 is 1.58 bits per heavy atom. The van der Waals surface area contributed by atoms with E-state index in [1.807, 2.05) is 0 Å². The molecular weight excluding hydrogens is 455 g/mol. The number of unbranched alkanes of at least 4 members (excludes halogenated alkanes) is 1. The fraction of sp³-hybridized carbons (Fsp3) is 0.455. The van der Waals surface area contributed by atoms with Gasteiger partial charge in [0.25, 0.3) is 0 Å². The highest BCUT2D eigenvalue weighted by Gasteiger charge is 2.19. The van der Waals surface area contributed by atoms with Crippen molar-refractivity contribution in [2.45, 2.75) is 85.7 Å². The molecule has 2 atom stereocenters. The van der Waals surface area contributed by atoms with Crippen LogP contribution in [0.1, 0.15) is 91.3 Å². The number of rotatable bonds is 13. The van der Waals surface area contributed by atoms with Gasteiger partial charge in [-0.25, -0.2) is 0 Å². The van der Waals surface area contributed by atoms with Crippen LogP contribution in [0.2, 0.25) is 0 Å². The van der Waals surface area contributed by atoms with Crippen molar-refractivity contribution < 1.29 is 0 Å². The lowest BCUT2D eigenvalue weighted by Crippen LogP contribution is -2.25. The van der Waals surface area contributed by atoms with E-state index in [1.165, 1.54) is 63.5 Å². The first kappa shape index (κ1) is 28.4.